The van der Waals surface area contributed by atoms with Crippen molar-refractivity contribution in [2.75, 3.05) is 0 Å². The minimum atomic E-state index is -0.0829. The molecule has 5 nitrogen and oxygen atoms in total. The number of halogens is 1. The molecule has 4 aromatic rings. The number of nitrogens with zero attached hydrogens (tertiary/aromatic N) is 3. The van der Waals surface area contributed by atoms with Gasteiger partial charge in [-0.15, -0.1) is 11.3 Å². The van der Waals surface area contributed by atoms with Crippen LogP contribution in [0, 0.1) is 6.92 Å². The molecule has 1 aromatic carbocycles. The van der Waals surface area contributed by atoms with Gasteiger partial charge in [0.25, 0.3) is 5.56 Å². The van der Waals surface area contributed by atoms with Crippen LogP contribution >= 0.6 is 27.3 Å². The highest BCUT2D eigenvalue weighted by Gasteiger charge is 2.15. The summed E-state index contributed by atoms with van der Waals surface area (Å²) in [6.45, 7) is 1.83. The maximum absolute atomic E-state index is 12.8. The molecule has 21 heavy (non-hydrogen) atoms. The normalized spacial score (nSPS) is 11.5. The Morgan fingerprint density at radius 3 is 2.81 bits per heavy atom. The van der Waals surface area contributed by atoms with Gasteiger partial charge in [0.15, 0.2) is 10.6 Å². The minimum absolute atomic E-state index is 0.0829. The molecule has 1 N–H and O–H groups in total. The predicted molar refractivity (Wildman–Crippen MR) is 86.9 cm³/mol. The number of aryl methyl sites for hydroxylation is 1. The highest BCUT2D eigenvalue weighted by atomic mass is 79.9. The molecule has 0 amide bonds. The van der Waals surface area contributed by atoms with Gasteiger partial charge in [0, 0.05) is 15.5 Å². The number of hydrogen-bond donors (Lipinski definition) is 1. The van der Waals surface area contributed by atoms with Crippen molar-refractivity contribution in [2.24, 2.45) is 0 Å². The van der Waals surface area contributed by atoms with Crippen molar-refractivity contribution in [1.82, 2.24) is 19.6 Å². The highest BCUT2D eigenvalue weighted by molar-refractivity contribution is 9.10. The van der Waals surface area contributed by atoms with Gasteiger partial charge in [-0.1, -0.05) is 28.1 Å². The van der Waals surface area contributed by atoms with Crippen LogP contribution in [-0.4, -0.2) is 19.6 Å². The molecule has 4 rings (SSSR count). The molecule has 104 valence electrons. The third kappa shape index (κ3) is 1.85. The molecule has 0 unspecified atom stereocenters. The molecule has 3 heterocycles. The summed E-state index contributed by atoms with van der Waals surface area (Å²) in [5.41, 5.74) is 2.96. The summed E-state index contributed by atoms with van der Waals surface area (Å²) in [5.74, 6) is 0. The van der Waals surface area contributed by atoms with E-state index in [-0.39, 0.29) is 5.56 Å². The second-order valence-corrected chi connectivity index (χ2v) is 6.46. The zero-order valence-corrected chi connectivity index (χ0v) is 13.3. The molecule has 0 fully saturated rings. The molecule has 0 spiro atoms. The lowest BCUT2D eigenvalue weighted by Gasteiger charge is -2.02. The van der Waals surface area contributed by atoms with Crippen LogP contribution in [0.4, 0.5) is 0 Å². The lowest BCUT2D eigenvalue weighted by molar-refractivity contribution is 1.06. The summed E-state index contributed by atoms with van der Waals surface area (Å²) >= 11 is 4.86. The van der Waals surface area contributed by atoms with Gasteiger partial charge >= 0.3 is 0 Å². The molecule has 3 aromatic heterocycles. The molecule has 0 saturated carbocycles. The maximum Gasteiger partial charge on any atom is 0.270 e. The van der Waals surface area contributed by atoms with Crippen molar-refractivity contribution in [1.29, 1.82) is 0 Å². The Morgan fingerprint density at radius 2 is 2.05 bits per heavy atom. The van der Waals surface area contributed by atoms with E-state index in [1.807, 2.05) is 36.6 Å². The topological polar surface area (TPSA) is 63.1 Å². The molecule has 0 radical (unpaired) electrons. The Hall–Kier alpha value is -1.99. The highest BCUT2D eigenvalue weighted by Crippen LogP contribution is 2.26. The van der Waals surface area contributed by atoms with Crippen LogP contribution in [0.3, 0.4) is 0 Å². The summed E-state index contributed by atoms with van der Waals surface area (Å²) < 4.78 is 2.66. The number of fused-ring (bicyclic) bond motifs is 2. The van der Waals surface area contributed by atoms with Gasteiger partial charge in [-0.3, -0.25) is 14.3 Å². The van der Waals surface area contributed by atoms with Crippen molar-refractivity contribution < 1.29 is 0 Å². The summed E-state index contributed by atoms with van der Waals surface area (Å²) in [6.07, 6.45) is 0. The second-order valence-electron chi connectivity index (χ2n) is 4.71. The summed E-state index contributed by atoms with van der Waals surface area (Å²) in [4.78, 5) is 17.9. The Kier molecular flexibility index (Phi) is 2.73. The maximum atomic E-state index is 12.8. The SMILES string of the molecule is Cc1[nH]nc2nc3scc(-c4ccc(Br)cc4)n3c(=O)c12. The molecule has 0 saturated heterocycles. The van der Waals surface area contributed by atoms with Crippen LogP contribution in [0.25, 0.3) is 27.3 Å². The number of thiazole rings is 1. The summed E-state index contributed by atoms with van der Waals surface area (Å²) in [6, 6.07) is 7.87. The fourth-order valence-corrected chi connectivity index (χ4v) is 3.51. The third-order valence-corrected chi connectivity index (χ3v) is 4.75. The van der Waals surface area contributed by atoms with Crippen molar-refractivity contribution in [3.63, 3.8) is 0 Å². The summed E-state index contributed by atoms with van der Waals surface area (Å²) in [5, 5.41) is 9.39. The lowest BCUT2D eigenvalue weighted by atomic mass is 10.2. The van der Waals surface area contributed by atoms with Crippen molar-refractivity contribution in [3.05, 3.63) is 50.2 Å². The first kappa shape index (κ1) is 12.7. The van der Waals surface area contributed by atoms with E-state index in [4.69, 9.17) is 0 Å². The number of rotatable bonds is 1. The van der Waals surface area contributed by atoms with Crippen molar-refractivity contribution >= 4 is 43.3 Å². The van der Waals surface area contributed by atoms with E-state index in [0.717, 1.165) is 21.4 Å². The Morgan fingerprint density at radius 1 is 1.29 bits per heavy atom. The van der Waals surface area contributed by atoms with E-state index >= 15 is 0 Å². The van der Waals surface area contributed by atoms with Crippen LogP contribution in [0.1, 0.15) is 5.69 Å². The van der Waals surface area contributed by atoms with Gasteiger partial charge in [0.2, 0.25) is 0 Å². The molecule has 0 aliphatic heterocycles. The van der Waals surface area contributed by atoms with Crippen LogP contribution in [-0.2, 0) is 0 Å². The van der Waals surface area contributed by atoms with Crippen LogP contribution in [0.2, 0.25) is 0 Å². The molecule has 7 heteroatoms. The fourth-order valence-electron chi connectivity index (χ4n) is 2.36. The molecular weight excluding hydrogens is 352 g/mol. The number of hydrogen-bond acceptors (Lipinski definition) is 4. The monoisotopic (exact) mass is 360 g/mol. The average molecular weight is 361 g/mol. The van der Waals surface area contributed by atoms with E-state index in [2.05, 4.69) is 31.1 Å². The van der Waals surface area contributed by atoms with E-state index in [1.165, 1.54) is 11.3 Å². The number of aromatic amines is 1. The number of benzene rings is 1. The molecular formula is C14H9BrN4OS. The van der Waals surface area contributed by atoms with Gasteiger partial charge < -0.3 is 0 Å². The van der Waals surface area contributed by atoms with Crippen molar-refractivity contribution in [3.8, 4) is 11.3 Å². The van der Waals surface area contributed by atoms with E-state index in [1.54, 1.807) is 4.40 Å². The van der Waals surface area contributed by atoms with Gasteiger partial charge in [-0.2, -0.15) is 10.1 Å². The van der Waals surface area contributed by atoms with E-state index in [0.29, 0.717) is 16.0 Å². The summed E-state index contributed by atoms with van der Waals surface area (Å²) in [7, 11) is 0. The second kappa shape index (κ2) is 4.51. The zero-order valence-electron chi connectivity index (χ0n) is 10.9. The number of H-pyrrole nitrogens is 1. The molecule has 0 aliphatic rings. The smallest absolute Gasteiger partial charge is 0.270 e. The fraction of sp³-hybridized carbons (Fsp3) is 0.0714. The third-order valence-electron chi connectivity index (χ3n) is 3.39. The number of nitrogens with one attached hydrogen (secondary N) is 1. The van der Waals surface area contributed by atoms with E-state index < -0.39 is 0 Å². The Bertz CT molecular complexity index is 1030. The van der Waals surface area contributed by atoms with Crippen LogP contribution in [0.5, 0.6) is 0 Å². The van der Waals surface area contributed by atoms with E-state index in [9.17, 15) is 4.79 Å². The van der Waals surface area contributed by atoms with Crippen molar-refractivity contribution in [2.45, 2.75) is 6.92 Å². The van der Waals surface area contributed by atoms with Gasteiger partial charge in [-0.05, 0) is 24.6 Å². The quantitative estimate of drug-likeness (QED) is 0.565. The standard InChI is InChI=1S/C14H9BrN4OS/c1-7-11-12(18-17-7)16-14-19(13(11)20)10(6-21-14)8-2-4-9(15)5-3-8/h2-6H,1H3,(H,17,18). The zero-order chi connectivity index (χ0) is 14.6. The van der Waals surface area contributed by atoms with Crippen LogP contribution < -0.4 is 5.56 Å². The van der Waals surface area contributed by atoms with Gasteiger partial charge in [-0.25, -0.2) is 0 Å². The largest absolute Gasteiger partial charge is 0.280 e. The average Bonchev–Trinajstić information content (AvgIpc) is 3.05. The first-order valence-electron chi connectivity index (χ1n) is 6.26. The Labute approximate surface area is 131 Å². The minimum Gasteiger partial charge on any atom is -0.280 e. The first-order valence-corrected chi connectivity index (χ1v) is 7.93. The first-order chi connectivity index (χ1) is 10.1. The van der Waals surface area contributed by atoms with Gasteiger partial charge in [0.05, 0.1) is 5.69 Å². The number of aromatic nitrogens is 4. The van der Waals surface area contributed by atoms with Crippen LogP contribution in [0.15, 0.2) is 38.9 Å². The lowest BCUT2D eigenvalue weighted by Crippen LogP contribution is -2.14. The van der Waals surface area contributed by atoms with Gasteiger partial charge in [0.1, 0.15) is 5.39 Å². The molecule has 0 bridgehead atoms. The molecule has 0 aliphatic carbocycles. The molecule has 0 atom stereocenters. The predicted octanol–water partition coefficient (Wildman–Crippen LogP) is 3.37. The Balaban J connectivity index is 2.11.